The Kier molecular flexibility index (Phi) is 8.73. The van der Waals surface area contributed by atoms with Gasteiger partial charge in [-0.2, -0.15) is 0 Å². The third-order valence-corrected chi connectivity index (χ3v) is 7.76. The highest BCUT2D eigenvalue weighted by Gasteiger charge is 2.29. The molecule has 0 fully saturated rings. The number of ketones is 1. The van der Waals surface area contributed by atoms with Crippen LogP contribution < -0.4 is 25.0 Å². The van der Waals surface area contributed by atoms with Gasteiger partial charge in [0.1, 0.15) is 11.5 Å². The van der Waals surface area contributed by atoms with Crippen LogP contribution in [-0.4, -0.2) is 62.0 Å². The number of carbonyl (C=O) groups excluding carboxylic acids is 3. The summed E-state index contributed by atoms with van der Waals surface area (Å²) in [6, 6.07) is 17.4. The van der Waals surface area contributed by atoms with Gasteiger partial charge in [0, 0.05) is 65.8 Å². The number of anilines is 3. The number of methoxy groups -OCH3 is 1. The molecule has 4 aromatic rings. The highest BCUT2D eigenvalue weighted by Crippen LogP contribution is 2.37. The van der Waals surface area contributed by atoms with E-state index >= 15 is 0 Å². The molecule has 3 amide bonds. The summed E-state index contributed by atoms with van der Waals surface area (Å²) in [6.07, 6.45) is 2.19. The largest absolute Gasteiger partial charge is 0.497 e. The van der Waals surface area contributed by atoms with Crippen molar-refractivity contribution in [3.8, 4) is 11.5 Å². The van der Waals surface area contributed by atoms with Gasteiger partial charge in [-0.1, -0.05) is 0 Å². The number of benzene rings is 3. The monoisotopic (exact) mass is 595 g/mol. The van der Waals surface area contributed by atoms with Crippen molar-refractivity contribution in [2.24, 2.45) is 0 Å². The van der Waals surface area contributed by atoms with E-state index in [1.807, 2.05) is 44.1 Å². The van der Waals surface area contributed by atoms with Gasteiger partial charge >= 0.3 is 6.03 Å². The number of rotatable bonds is 9. The first kappa shape index (κ1) is 30.4. The summed E-state index contributed by atoms with van der Waals surface area (Å²) >= 11 is 0. The minimum absolute atomic E-state index is 0.00775. The van der Waals surface area contributed by atoms with E-state index in [0.29, 0.717) is 35.7 Å². The molecule has 2 N–H and O–H groups in total. The SMILES string of the molecule is CCn1c(C)c(C=C2Oc3ccc(NC(=O)Nc4ccc(N(C)C(=O)CCN(C)C)cc4)cc3C2=O)c2cc(OC)ccc21. The van der Waals surface area contributed by atoms with Gasteiger partial charge in [-0.3, -0.25) is 9.59 Å². The van der Waals surface area contributed by atoms with Crippen LogP contribution in [0.5, 0.6) is 11.5 Å². The molecule has 0 saturated heterocycles. The second-order valence-corrected chi connectivity index (χ2v) is 10.9. The van der Waals surface area contributed by atoms with E-state index < -0.39 is 6.03 Å². The molecular weight excluding hydrogens is 558 g/mol. The summed E-state index contributed by atoms with van der Waals surface area (Å²) in [6.45, 7) is 5.55. The lowest BCUT2D eigenvalue weighted by atomic mass is 10.1. The highest BCUT2D eigenvalue weighted by molar-refractivity contribution is 6.16. The molecule has 0 saturated carbocycles. The number of carbonyl (C=O) groups is 3. The number of urea groups is 1. The topological polar surface area (TPSA) is 105 Å². The van der Waals surface area contributed by atoms with Crippen LogP contribution >= 0.6 is 0 Å². The van der Waals surface area contributed by atoms with E-state index in [4.69, 9.17) is 9.47 Å². The normalized spacial score (nSPS) is 13.2. The number of fused-ring (bicyclic) bond motifs is 2. The second-order valence-electron chi connectivity index (χ2n) is 10.9. The number of ether oxygens (including phenoxy) is 2. The zero-order chi connectivity index (χ0) is 31.5. The third kappa shape index (κ3) is 6.16. The molecule has 0 aliphatic carbocycles. The maximum atomic E-state index is 13.4. The number of amides is 3. The molecule has 0 bridgehead atoms. The molecular formula is C34H37N5O5. The summed E-state index contributed by atoms with van der Waals surface area (Å²) in [7, 11) is 7.21. The summed E-state index contributed by atoms with van der Waals surface area (Å²) in [5.74, 6) is 1.13. The molecule has 1 aromatic heterocycles. The molecule has 0 atom stereocenters. The number of allylic oxidation sites excluding steroid dienone is 1. The van der Waals surface area contributed by atoms with Crippen LogP contribution in [0.3, 0.4) is 0 Å². The van der Waals surface area contributed by atoms with Crippen molar-refractivity contribution in [1.82, 2.24) is 9.47 Å². The lowest BCUT2D eigenvalue weighted by Gasteiger charge is -2.19. The molecule has 44 heavy (non-hydrogen) atoms. The van der Waals surface area contributed by atoms with Crippen LogP contribution in [0.4, 0.5) is 21.9 Å². The highest BCUT2D eigenvalue weighted by atomic mass is 16.5. The Balaban J connectivity index is 1.27. The van der Waals surface area contributed by atoms with Gasteiger partial charge in [-0.15, -0.1) is 0 Å². The predicted molar refractivity (Wildman–Crippen MR) is 174 cm³/mol. The lowest BCUT2D eigenvalue weighted by molar-refractivity contribution is -0.118. The van der Waals surface area contributed by atoms with E-state index in [1.54, 1.807) is 67.6 Å². The number of hydrogen-bond donors (Lipinski definition) is 2. The molecule has 0 unspecified atom stereocenters. The van der Waals surface area contributed by atoms with E-state index in [-0.39, 0.29) is 17.4 Å². The fraction of sp³-hybridized carbons (Fsp3) is 0.265. The Labute approximate surface area is 256 Å². The van der Waals surface area contributed by atoms with Crippen LogP contribution in [0.15, 0.2) is 66.4 Å². The van der Waals surface area contributed by atoms with Crippen molar-refractivity contribution in [2.45, 2.75) is 26.8 Å². The number of aryl methyl sites for hydroxylation is 1. The quantitative estimate of drug-likeness (QED) is 0.225. The molecule has 0 radical (unpaired) electrons. The van der Waals surface area contributed by atoms with E-state index in [1.165, 1.54) is 0 Å². The number of hydrogen-bond acceptors (Lipinski definition) is 6. The standard InChI is InChI=1S/C34H37N5O5/c1-7-39-21(2)26(27-19-25(43-6)13-14-29(27)39)20-31-33(41)28-18-23(10-15-30(28)44-31)36-34(42)35-22-8-11-24(12-9-22)38(5)32(40)16-17-37(3)4/h8-15,18-20H,7,16-17H2,1-6H3,(H2,35,36,42). The molecule has 228 valence electrons. The Morgan fingerprint density at radius 1 is 0.977 bits per heavy atom. The Hall–Kier alpha value is -5.09. The lowest BCUT2D eigenvalue weighted by Crippen LogP contribution is -2.29. The zero-order valence-electron chi connectivity index (χ0n) is 25.9. The minimum Gasteiger partial charge on any atom is -0.497 e. The van der Waals surface area contributed by atoms with Gasteiger partial charge < -0.3 is 34.5 Å². The predicted octanol–water partition coefficient (Wildman–Crippen LogP) is 6.15. The zero-order valence-corrected chi connectivity index (χ0v) is 25.9. The molecule has 10 heteroatoms. The molecule has 1 aliphatic heterocycles. The Morgan fingerprint density at radius 2 is 1.68 bits per heavy atom. The van der Waals surface area contributed by atoms with Crippen LogP contribution in [0.2, 0.25) is 0 Å². The molecule has 3 aromatic carbocycles. The van der Waals surface area contributed by atoms with Gasteiger partial charge in [-0.25, -0.2) is 4.79 Å². The van der Waals surface area contributed by atoms with Crippen molar-refractivity contribution < 1.29 is 23.9 Å². The van der Waals surface area contributed by atoms with Crippen LogP contribution in [-0.2, 0) is 11.3 Å². The maximum Gasteiger partial charge on any atom is 0.323 e. The second kappa shape index (κ2) is 12.6. The van der Waals surface area contributed by atoms with Crippen molar-refractivity contribution in [3.05, 3.63) is 83.2 Å². The van der Waals surface area contributed by atoms with Gasteiger partial charge in [0.15, 0.2) is 5.76 Å². The summed E-state index contributed by atoms with van der Waals surface area (Å²) < 4.78 is 13.6. The van der Waals surface area contributed by atoms with E-state index in [0.717, 1.165) is 40.1 Å². The first-order valence-corrected chi connectivity index (χ1v) is 14.4. The smallest absolute Gasteiger partial charge is 0.323 e. The van der Waals surface area contributed by atoms with Crippen LogP contribution in [0, 0.1) is 6.92 Å². The fourth-order valence-electron chi connectivity index (χ4n) is 5.29. The van der Waals surface area contributed by atoms with Crippen LogP contribution in [0.1, 0.15) is 35.0 Å². The van der Waals surface area contributed by atoms with E-state index in [2.05, 4.69) is 22.1 Å². The average molecular weight is 596 g/mol. The molecule has 2 heterocycles. The van der Waals surface area contributed by atoms with Crippen molar-refractivity contribution >= 4 is 51.8 Å². The van der Waals surface area contributed by atoms with Crippen LogP contribution in [0.25, 0.3) is 17.0 Å². The molecule has 1 aliphatic rings. The summed E-state index contributed by atoms with van der Waals surface area (Å²) in [5.41, 5.74) is 5.07. The number of aromatic nitrogens is 1. The minimum atomic E-state index is -0.466. The summed E-state index contributed by atoms with van der Waals surface area (Å²) in [4.78, 5) is 42.1. The van der Waals surface area contributed by atoms with E-state index in [9.17, 15) is 14.4 Å². The summed E-state index contributed by atoms with van der Waals surface area (Å²) in [5, 5.41) is 6.54. The Bertz CT molecular complexity index is 1770. The fourth-order valence-corrected chi connectivity index (χ4v) is 5.29. The average Bonchev–Trinajstić information content (AvgIpc) is 3.47. The number of Topliss-reactive ketones (excluding diaryl/α,β-unsaturated/α-hetero) is 1. The Morgan fingerprint density at radius 3 is 2.36 bits per heavy atom. The van der Waals surface area contributed by atoms with Crippen molar-refractivity contribution in [1.29, 1.82) is 0 Å². The third-order valence-electron chi connectivity index (χ3n) is 7.76. The van der Waals surface area contributed by atoms with Gasteiger partial charge in [0.25, 0.3) is 0 Å². The maximum absolute atomic E-state index is 13.4. The molecule has 5 rings (SSSR count). The van der Waals surface area contributed by atoms with Crippen molar-refractivity contribution in [2.75, 3.05) is 50.3 Å². The number of nitrogens with one attached hydrogen (secondary N) is 2. The number of nitrogens with zero attached hydrogens (tertiary/aromatic N) is 3. The van der Waals surface area contributed by atoms with Crippen molar-refractivity contribution in [3.63, 3.8) is 0 Å². The van der Waals surface area contributed by atoms with Gasteiger partial charge in [0.2, 0.25) is 11.7 Å². The van der Waals surface area contributed by atoms with Gasteiger partial charge in [0.05, 0.1) is 12.7 Å². The van der Waals surface area contributed by atoms with Gasteiger partial charge in [-0.05, 0) is 94.7 Å². The molecule has 0 spiro atoms. The first-order chi connectivity index (χ1) is 21.1. The first-order valence-electron chi connectivity index (χ1n) is 14.4. The molecule has 10 nitrogen and oxygen atoms in total.